The lowest BCUT2D eigenvalue weighted by molar-refractivity contribution is -0.137. The molecule has 0 aliphatic carbocycles. The highest BCUT2D eigenvalue weighted by molar-refractivity contribution is 7.92. The second-order valence-corrected chi connectivity index (χ2v) is 8.88. The van der Waals surface area contributed by atoms with Crippen molar-refractivity contribution in [2.24, 2.45) is 0 Å². The van der Waals surface area contributed by atoms with Crippen LogP contribution in [0.3, 0.4) is 0 Å². The average Bonchev–Trinajstić information content (AvgIpc) is 2.36. The lowest BCUT2D eigenvalue weighted by Gasteiger charge is -2.14. The third kappa shape index (κ3) is 3.74. The Balaban J connectivity index is 3.74. The van der Waals surface area contributed by atoms with Gasteiger partial charge in [0.05, 0.1) is 20.6 Å². The van der Waals surface area contributed by atoms with Crippen LogP contribution in [0.25, 0.3) is 0 Å². The van der Waals surface area contributed by atoms with Crippen LogP contribution in [0, 0.1) is 0 Å². The summed E-state index contributed by atoms with van der Waals surface area (Å²) in [5.41, 5.74) is -1.34. The fourth-order valence-electron chi connectivity index (χ4n) is 1.44. The van der Waals surface area contributed by atoms with Gasteiger partial charge in [-0.2, -0.15) is 13.2 Å². The van der Waals surface area contributed by atoms with Gasteiger partial charge in [-0.05, 0) is 39.1 Å². The molecule has 0 radical (unpaired) electrons. The van der Waals surface area contributed by atoms with Gasteiger partial charge in [0, 0.05) is 0 Å². The first-order valence-electron chi connectivity index (χ1n) is 5.72. The predicted octanol–water partition coefficient (Wildman–Crippen LogP) is 1.80. The summed E-state index contributed by atoms with van der Waals surface area (Å²) in [6.45, 7) is 2.59. The standard InChI is InChI=1S/C11H14F3NO4S2/c1-7(2)20(16,17)9-4-8(11(12,13)14)5-10(6-9)21(18,19)15-3/h4-7,15H,1-3H3. The van der Waals surface area contributed by atoms with E-state index in [2.05, 4.69) is 0 Å². The quantitative estimate of drug-likeness (QED) is 0.902. The third-order valence-electron chi connectivity index (χ3n) is 2.74. The van der Waals surface area contributed by atoms with Crippen LogP contribution in [0.1, 0.15) is 19.4 Å². The van der Waals surface area contributed by atoms with E-state index < -0.39 is 46.6 Å². The van der Waals surface area contributed by atoms with Crippen LogP contribution in [0.5, 0.6) is 0 Å². The summed E-state index contributed by atoms with van der Waals surface area (Å²) in [6.07, 6.45) is -4.86. The van der Waals surface area contributed by atoms with Gasteiger partial charge in [-0.3, -0.25) is 0 Å². The number of sulfonamides is 1. The monoisotopic (exact) mass is 345 g/mol. The Bertz CT molecular complexity index is 737. The van der Waals surface area contributed by atoms with E-state index in [4.69, 9.17) is 0 Å². The van der Waals surface area contributed by atoms with Crippen LogP contribution in [-0.4, -0.2) is 29.1 Å². The lowest BCUT2D eigenvalue weighted by atomic mass is 10.2. The minimum atomic E-state index is -4.86. The zero-order valence-corrected chi connectivity index (χ0v) is 13.0. The predicted molar refractivity (Wildman–Crippen MR) is 70.0 cm³/mol. The van der Waals surface area contributed by atoms with Gasteiger partial charge in [0.1, 0.15) is 0 Å². The van der Waals surface area contributed by atoms with Gasteiger partial charge in [0.25, 0.3) is 0 Å². The molecule has 5 nitrogen and oxygen atoms in total. The number of sulfone groups is 1. The fourth-order valence-corrected chi connectivity index (χ4v) is 3.45. The lowest BCUT2D eigenvalue weighted by Crippen LogP contribution is -2.21. The van der Waals surface area contributed by atoms with Crippen LogP contribution in [0.4, 0.5) is 13.2 Å². The molecule has 0 aliphatic heterocycles. The van der Waals surface area contributed by atoms with Crippen molar-refractivity contribution in [3.63, 3.8) is 0 Å². The highest BCUT2D eigenvalue weighted by Crippen LogP contribution is 2.33. The SMILES string of the molecule is CNS(=O)(=O)c1cc(C(F)(F)F)cc(S(=O)(=O)C(C)C)c1. The summed E-state index contributed by atoms with van der Waals surface area (Å²) in [7, 11) is -7.23. The van der Waals surface area contributed by atoms with E-state index >= 15 is 0 Å². The van der Waals surface area contributed by atoms with E-state index in [0.29, 0.717) is 12.1 Å². The molecule has 0 aromatic heterocycles. The first-order valence-corrected chi connectivity index (χ1v) is 8.75. The van der Waals surface area contributed by atoms with E-state index in [1.54, 1.807) is 0 Å². The van der Waals surface area contributed by atoms with Gasteiger partial charge in [0.2, 0.25) is 10.0 Å². The number of alkyl halides is 3. The van der Waals surface area contributed by atoms with Gasteiger partial charge in [-0.25, -0.2) is 21.6 Å². The number of halogens is 3. The highest BCUT2D eigenvalue weighted by Gasteiger charge is 2.34. The van der Waals surface area contributed by atoms with Crippen molar-refractivity contribution in [2.75, 3.05) is 7.05 Å². The molecule has 1 N–H and O–H groups in total. The Morgan fingerprint density at radius 2 is 1.48 bits per heavy atom. The Kier molecular flexibility index (Phi) is 4.76. The van der Waals surface area contributed by atoms with E-state index in [1.807, 2.05) is 4.72 Å². The molecule has 0 spiro atoms. The molecule has 21 heavy (non-hydrogen) atoms. The maximum atomic E-state index is 12.8. The maximum absolute atomic E-state index is 12.8. The van der Waals surface area contributed by atoms with Crippen LogP contribution < -0.4 is 4.72 Å². The zero-order valence-electron chi connectivity index (χ0n) is 11.4. The van der Waals surface area contributed by atoms with E-state index in [1.165, 1.54) is 13.8 Å². The van der Waals surface area contributed by atoms with Gasteiger partial charge in [-0.15, -0.1) is 0 Å². The highest BCUT2D eigenvalue weighted by atomic mass is 32.2. The molecule has 0 bridgehead atoms. The van der Waals surface area contributed by atoms with Crippen molar-refractivity contribution >= 4 is 19.9 Å². The van der Waals surface area contributed by atoms with Gasteiger partial charge < -0.3 is 0 Å². The zero-order chi connectivity index (χ0) is 16.6. The van der Waals surface area contributed by atoms with E-state index in [0.717, 1.165) is 13.1 Å². The summed E-state index contributed by atoms with van der Waals surface area (Å²) in [5, 5.41) is -0.980. The third-order valence-corrected chi connectivity index (χ3v) is 6.26. The molecule has 0 atom stereocenters. The molecule has 120 valence electrons. The minimum absolute atomic E-state index is 0.394. The second kappa shape index (κ2) is 5.58. The molecule has 0 aliphatic rings. The summed E-state index contributed by atoms with van der Waals surface area (Å²) >= 11 is 0. The van der Waals surface area contributed by atoms with Crippen LogP contribution >= 0.6 is 0 Å². The molecule has 0 saturated carbocycles. The average molecular weight is 345 g/mol. The van der Waals surface area contributed by atoms with E-state index in [9.17, 15) is 30.0 Å². The fraction of sp³-hybridized carbons (Fsp3) is 0.455. The van der Waals surface area contributed by atoms with Crippen molar-refractivity contribution in [1.29, 1.82) is 0 Å². The Morgan fingerprint density at radius 3 is 1.86 bits per heavy atom. The Morgan fingerprint density at radius 1 is 1.00 bits per heavy atom. The molecular weight excluding hydrogens is 331 g/mol. The minimum Gasteiger partial charge on any atom is -0.223 e. The Labute approximate surface area is 121 Å². The van der Waals surface area contributed by atoms with Gasteiger partial charge >= 0.3 is 6.18 Å². The first kappa shape index (κ1) is 17.9. The first-order chi connectivity index (χ1) is 9.32. The second-order valence-electron chi connectivity index (χ2n) is 4.49. The van der Waals surface area contributed by atoms with Crippen molar-refractivity contribution < 1.29 is 30.0 Å². The number of rotatable bonds is 4. The summed E-state index contributed by atoms with van der Waals surface area (Å²) in [4.78, 5) is -1.43. The maximum Gasteiger partial charge on any atom is 0.416 e. The van der Waals surface area contributed by atoms with Crippen molar-refractivity contribution in [1.82, 2.24) is 4.72 Å². The number of hydrogen-bond donors (Lipinski definition) is 1. The van der Waals surface area contributed by atoms with Crippen LogP contribution in [-0.2, 0) is 26.0 Å². The number of nitrogens with one attached hydrogen (secondary N) is 1. The van der Waals surface area contributed by atoms with E-state index in [-0.39, 0.29) is 0 Å². The summed E-state index contributed by atoms with van der Waals surface area (Å²) in [5.74, 6) is 0. The summed E-state index contributed by atoms with van der Waals surface area (Å²) < 4.78 is 87.6. The van der Waals surface area contributed by atoms with Crippen molar-refractivity contribution in [2.45, 2.75) is 35.1 Å². The smallest absolute Gasteiger partial charge is 0.223 e. The molecule has 0 saturated heterocycles. The molecule has 1 aromatic rings. The van der Waals surface area contributed by atoms with Crippen LogP contribution in [0.15, 0.2) is 28.0 Å². The van der Waals surface area contributed by atoms with Gasteiger partial charge in [0.15, 0.2) is 9.84 Å². The number of benzene rings is 1. The van der Waals surface area contributed by atoms with Crippen molar-refractivity contribution in [3.05, 3.63) is 23.8 Å². The molecule has 0 heterocycles. The molecule has 1 rings (SSSR count). The number of hydrogen-bond acceptors (Lipinski definition) is 4. The normalized spacial score (nSPS) is 13.7. The molecule has 1 aromatic carbocycles. The Hall–Kier alpha value is -1.13. The molecular formula is C11H14F3NO4S2. The largest absolute Gasteiger partial charge is 0.416 e. The molecule has 0 fully saturated rings. The summed E-state index contributed by atoms with van der Waals surface area (Å²) in [6, 6.07) is 1.55. The molecule has 0 unspecified atom stereocenters. The van der Waals surface area contributed by atoms with Crippen LogP contribution in [0.2, 0.25) is 0 Å². The topological polar surface area (TPSA) is 80.3 Å². The van der Waals surface area contributed by atoms with Crippen molar-refractivity contribution in [3.8, 4) is 0 Å². The molecule has 0 amide bonds. The molecule has 10 heteroatoms. The van der Waals surface area contributed by atoms with Gasteiger partial charge in [-0.1, -0.05) is 0 Å².